The third kappa shape index (κ3) is 51.8. The second-order valence-electron chi connectivity index (χ2n) is 21.8. The van der Waals surface area contributed by atoms with Gasteiger partial charge in [-0.1, -0.05) is 292 Å². The Morgan fingerprint density at radius 1 is 0.303 bits per heavy atom. The molecule has 0 radical (unpaired) electrons. The zero-order valence-electron chi connectivity index (χ0n) is 45.5. The van der Waals surface area contributed by atoms with Gasteiger partial charge in [0.15, 0.2) is 6.10 Å². The predicted octanol–water partition coefficient (Wildman–Crippen LogP) is 19.5. The maximum absolute atomic E-state index is 12.9. The molecule has 0 heterocycles. The SMILES string of the molecule is CCC(C)CCCCCCCCCCCCCCCCC(=O)OC[C@H](COC(=O)CCCCCCCCCCCC(C)C)OC(=O)CCCCCCCCCCCCCCCCCC(C)C. The molecule has 0 saturated carbocycles. The third-order valence-electron chi connectivity index (χ3n) is 14.0. The maximum atomic E-state index is 12.9. The summed E-state index contributed by atoms with van der Waals surface area (Å²) in [6.45, 7) is 13.8. The van der Waals surface area contributed by atoms with Gasteiger partial charge in [-0.15, -0.1) is 0 Å². The van der Waals surface area contributed by atoms with E-state index in [0.717, 1.165) is 75.5 Å². The highest BCUT2D eigenvalue weighted by Crippen LogP contribution is 2.19. The van der Waals surface area contributed by atoms with Crippen molar-refractivity contribution in [2.75, 3.05) is 13.2 Å². The highest BCUT2D eigenvalue weighted by atomic mass is 16.6. The summed E-state index contributed by atoms with van der Waals surface area (Å²) in [7, 11) is 0. The van der Waals surface area contributed by atoms with Gasteiger partial charge in [-0.05, 0) is 37.0 Å². The van der Waals surface area contributed by atoms with Crippen molar-refractivity contribution >= 4 is 17.9 Å². The number of rotatable bonds is 53. The lowest BCUT2D eigenvalue weighted by Crippen LogP contribution is -2.30. The fraction of sp³-hybridized carbons (Fsp3) is 0.950. The topological polar surface area (TPSA) is 78.9 Å². The van der Waals surface area contributed by atoms with Gasteiger partial charge in [0.2, 0.25) is 0 Å². The highest BCUT2D eigenvalue weighted by Gasteiger charge is 2.19. The van der Waals surface area contributed by atoms with Crippen LogP contribution in [-0.4, -0.2) is 37.2 Å². The molecule has 0 amide bonds. The van der Waals surface area contributed by atoms with Crippen molar-refractivity contribution in [1.82, 2.24) is 0 Å². The lowest BCUT2D eigenvalue weighted by molar-refractivity contribution is -0.167. The van der Waals surface area contributed by atoms with Crippen LogP contribution < -0.4 is 0 Å². The smallest absolute Gasteiger partial charge is 0.306 e. The number of carbonyl (C=O) groups excluding carboxylic acids is 3. The van der Waals surface area contributed by atoms with Crippen molar-refractivity contribution in [2.45, 2.75) is 337 Å². The van der Waals surface area contributed by atoms with Gasteiger partial charge in [0.1, 0.15) is 13.2 Å². The van der Waals surface area contributed by atoms with Crippen molar-refractivity contribution in [1.29, 1.82) is 0 Å². The largest absolute Gasteiger partial charge is 0.462 e. The van der Waals surface area contributed by atoms with Gasteiger partial charge in [-0.25, -0.2) is 0 Å². The molecule has 392 valence electrons. The molecule has 2 atom stereocenters. The zero-order chi connectivity index (χ0) is 48.4. The Bertz CT molecular complexity index is 1020. The maximum Gasteiger partial charge on any atom is 0.306 e. The molecule has 6 heteroatoms. The zero-order valence-corrected chi connectivity index (χ0v) is 45.5. The van der Waals surface area contributed by atoms with E-state index in [1.807, 2.05) is 0 Å². The quantitative estimate of drug-likeness (QED) is 0.0343. The summed E-state index contributed by atoms with van der Waals surface area (Å²) in [5, 5.41) is 0. The molecule has 0 aliphatic carbocycles. The van der Waals surface area contributed by atoms with Crippen molar-refractivity contribution in [3.05, 3.63) is 0 Å². The monoisotopic (exact) mass is 933 g/mol. The van der Waals surface area contributed by atoms with Crippen LogP contribution in [0.15, 0.2) is 0 Å². The van der Waals surface area contributed by atoms with E-state index in [1.54, 1.807) is 0 Å². The van der Waals surface area contributed by atoms with E-state index < -0.39 is 6.10 Å². The first-order valence-electron chi connectivity index (χ1n) is 29.6. The first-order valence-corrected chi connectivity index (χ1v) is 29.6. The Labute approximate surface area is 412 Å². The van der Waals surface area contributed by atoms with E-state index in [9.17, 15) is 14.4 Å². The Morgan fingerprint density at radius 3 is 0.788 bits per heavy atom. The molecule has 0 spiro atoms. The van der Waals surface area contributed by atoms with E-state index >= 15 is 0 Å². The van der Waals surface area contributed by atoms with Gasteiger partial charge in [0.25, 0.3) is 0 Å². The van der Waals surface area contributed by atoms with Crippen molar-refractivity contribution < 1.29 is 28.6 Å². The van der Waals surface area contributed by atoms with Crippen LogP contribution >= 0.6 is 0 Å². The van der Waals surface area contributed by atoms with E-state index in [1.165, 1.54) is 212 Å². The number of carbonyl (C=O) groups is 3. The number of esters is 3. The predicted molar refractivity (Wildman–Crippen MR) is 284 cm³/mol. The number of unbranched alkanes of at least 4 members (excludes halogenated alkanes) is 35. The van der Waals surface area contributed by atoms with Gasteiger partial charge in [-0.3, -0.25) is 14.4 Å². The van der Waals surface area contributed by atoms with Crippen LogP contribution in [0.2, 0.25) is 0 Å². The molecule has 66 heavy (non-hydrogen) atoms. The minimum Gasteiger partial charge on any atom is -0.462 e. The summed E-state index contributed by atoms with van der Waals surface area (Å²) in [4.78, 5) is 38.2. The van der Waals surface area contributed by atoms with Crippen LogP contribution in [0, 0.1) is 17.8 Å². The minimum atomic E-state index is -0.764. The fourth-order valence-corrected chi connectivity index (χ4v) is 9.14. The van der Waals surface area contributed by atoms with Crippen molar-refractivity contribution in [3.8, 4) is 0 Å². The molecule has 0 fully saturated rings. The Morgan fingerprint density at radius 2 is 0.530 bits per heavy atom. The van der Waals surface area contributed by atoms with Crippen molar-refractivity contribution in [3.63, 3.8) is 0 Å². The lowest BCUT2D eigenvalue weighted by Gasteiger charge is -2.18. The van der Waals surface area contributed by atoms with Gasteiger partial charge in [-0.2, -0.15) is 0 Å². The van der Waals surface area contributed by atoms with Crippen LogP contribution in [0.25, 0.3) is 0 Å². The summed E-state index contributed by atoms with van der Waals surface area (Å²) in [5.74, 6) is 1.71. The molecule has 0 aliphatic heterocycles. The second kappa shape index (κ2) is 51.3. The first-order chi connectivity index (χ1) is 32.1. The van der Waals surface area contributed by atoms with E-state index in [-0.39, 0.29) is 31.1 Å². The third-order valence-corrected chi connectivity index (χ3v) is 14.0. The van der Waals surface area contributed by atoms with Gasteiger partial charge in [0, 0.05) is 19.3 Å². The van der Waals surface area contributed by atoms with E-state index in [2.05, 4.69) is 41.5 Å². The van der Waals surface area contributed by atoms with E-state index in [0.29, 0.717) is 19.3 Å². The van der Waals surface area contributed by atoms with Crippen LogP contribution in [0.4, 0.5) is 0 Å². The summed E-state index contributed by atoms with van der Waals surface area (Å²) in [6, 6.07) is 0. The fourth-order valence-electron chi connectivity index (χ4n) is 9.14. The molecule has 6 nitrogen and oxygen atoms in total. The summed E-state index contributed by atoms with van der Waals surface area (Å²) >= 11 is 0. The average Bonchev–Trinajstić information content (AvgIpc) is 3.29. The highest BCUT2D eigenvalue weighted by molar-refractivity contribution is 5.71. The van der Waals surface area contributed by atoms with Gasteiger partial charge < -0.3 is 14.2 Å². The molecule has 0 aromatic carbocycles. The summed E-state index contributed by atoms with van der Waals surface area (Å²) in [6.07, 6.45) is 53.8. The van der Waals surface area contributed by atoms with Crippen LogP contribution in [0.5, 0.6) is 0 Å². The standard InChI is InChI=1S/C60H116O6/c1-7-56(6)48-42-36-30-24-18-14-11-12-15-19-25-31-37-43-49-58(61)64-52-57(53-65-59(62)50-44-38-32-27-21-23-29-35-41-47-55(4)5)66-60(63)51-45-39-33-26-20-16-10-8-9-13-17-22-28-34-40-46-54(2)3/h54-57H,7-53H2,1-6H3/t56?,57-/m1/s1. The van der Waals surface area contributed by atoms with Crippen LogP contribution in [0.1, 0.15) is 330 Å². The Balaban J connectivity index is 4.28. The normalized spacial score (nSPS) is 12.5. The molecule has 0 saturated heterocycles. The molecule has 0 aromatic rings. The van der Waals surface area contributed by atoms with Crippen LogP contribution in [-0.2, 0) is 28.6 Å². The lowest BCUT2D eigenvalue weighted by atomic mass is 9.99. The number of hydrogen-bond acceptors (Lipinski definition) is 6. The molecule has 0 rings (SSSR count). The molecule has 0 N–H and O–H groups in total. The molecule has 0 aromatic heterocycles. The van der Waals surface area contributed by atoms with Gasteiger partial charge in [0.05, 0.1) is 0 Å². The molecule has 0 aliphatic rings. The van der Waals surface area contributed by atoms with Gasteiger partial charge >= 0.3 is 17.9 Å². The number of hydrogen-bond donors (Lipinski definition) is 0. The van der Waals surface area contributed by atoms with Crippen LogP contribution in [0.3, 0.4) is 0 Å². The summed E-state index contributed by atoms with van der Waals surface area (Å²) in [5.41, 5.74) is 0. The Hall–Kier alpha value is -1.59. The first kappa shape index (κ1) is 64.4. The van der Waals surface area contributed by atoms with Crippen molar-refractivity contribution in [2.24, 2.45) is 17.8 Å². The van der Waals surface area contributed by atoms with E-state index in [4.69, 9.17) is 14.2 Å². The summed E-state index contributed by atoms with van der Waals surface area (Å²) < 4.78 is 16.9. The molecular formula is C60H116O6. The molecular weight excluding hydrogens is 817 g/mol. The Kier molecular flexibility index (Phi) is 50.0. The average molecular weight is 934 g/mol. The number of ether oxygens (including phenoxy) is 3. The molecule has 1 unspecified atom stereocenters. The second-order valence-corrected chi connectivity index (χ2v) is 21.8. The molecule has 0 bridgehead atoms. The minimum absolute atomic E-state index is 0.0635.